The first-order valence-corrected chi connectivity index (χ1v) is 3.38. The fraction of sp³-hybridized carbons (Fsp3) is 0.833. The Balaban J connectivity index is 2.23. The third-order valence-electron chi connectivity index (χ3n) is 1.98. The van der Waals surface area contributed by atoms with E-state index in [0.717, 1.165) is 0 Å². The van der Waals surface area contributed by atoms with Gasteiger partial charge in [0.15, 0.2) is 12.2 Å². The number of aliphatic hydroxyl groups excluding tert-OH is 2. The second kappa shape index (κ2) is 2.17. The van der Waals surface area contributed by atoms with Crippen molar-refractivity contribution in [3.8, 4) is 0 Å². The van der Waals surface area contributed by atoms with Crippen LogP contribution in [0.3, 0.4) is 0 Å². The molecule has 3 aliphatic heterocycles. The van der Waals surface area contributed by atoms with Crippen molar-refractivity contribution in [2.75, 3.05) is 6.61 Å². The fourth-order valence-electron chi connectivity index (χ4n) is 1.32. The third-order valence-corrected chi connectivity index (χ3v) is 1.98. The highest BCUT2D eigenvalue weighted by atomic mass is 16.6. The molecule has 11 heavy (non-hydrogen) atoms. The summed E-state index contributed by atoms with van der Waals surface area (Å²) < 4.78 is 9.58. The molecule has 62 valence electrons. The topological polar surface area (TPSA) is 76.0 Å². The molecule has 5 heteroatoms. The van der Waals surface area contributed by atoms with Crippen LogP contribution in [0.15, 0.2) is 0 Å². The van der Waals surface area contributed by atoms with Crippen molar-refractivity contribution in [1.82, 2.24) is 0 Å². The average Bonchev–Trinajstić information content (AvgIpc) is 1.99. The normalized spacial score (nSPS) is 49.1. The van der Waals surface area contributed by atoms with Gasteiger partial charge in [-0.05, 0) is 0 Å². The van der Waals surface area contributed by atoms with Crippen molar-refractivity contribution in [2.24, 2.45) is 0 Å². The molecule has 0 spiro atoms. The zero-order valence-corrected chi connectivity index (χ0v) is 5.64. The molecule has 3 saturated heterocycles. The maximum atomic E-state index is 10.8. The zero-order chi connectivity index (χ0) is 8.01. The number of hydrogen-bond acceptors (Lipinski definition) is 5. The highest BCUT2D eigenvalue weighted by Crippen LogP contribution is 2.25. The Hall–Kier alpha value is -0.650. The van der Waals surface area contributed by atoms with Gasteiger partial charge in [-0.3, -0.25) is 0 Å². The number of ether oxygens (including phenoxy) is 2. The van der Waals surface area contributed by atoms with Crippen molar-refractivity contribution in [3.05, 3.63) is 0 Å². The van der Waals surface area contributed by atoms with E-state index in [-0.39, 0.29) is 6.61 Å². The summed E-state index contributed by atoms with van der Waals surface area (Å²) in [5.74, 6) is -0.584. The summed E-state index contributed by atoms with van der Waals surface area (Å²) in [6.07, 6.45) is -3.81. The van der Waals surface area contributed by atoms with Crippen molar-refractivity contribution >= 4 is 5.97 Å². The molecule has 2 bridgehead atoms. The number of esters is 1. The molecular formula is C6H8O5. The Kier molecular flexibility index (Phi) is 1.38. The van der Waals surface area contributed by atoms with Crippen LogP contribution < -0.4 is 0 Å². The van der Waals surface area contributed by atoms with Gasteiger partial charge in [0.05, 0.1) is 6.61 Å². The van der Waals surface area contributed by atoms with Gasteiger partial charge in [-0.2, -0.15) is 0 Å². The molecule has 0 unspecified atom stereocenters. The van der Waals surface area contributed by atoms with E-state index in [1.807, 2.05) is 0 Å². The maximum absolute atomic E-state index is 10.8. The van der Waals surface area contributed by atoms with Gasteiger partial charge in [-0.1, -0.05) is 0 Å². The predicted molar refractivity (Wildman–Crippen MR) is 31.6 cm³/mol. The molecule has 2 N–H and O–H groups in total. The molecule has 3 fully saturated rings. The van der Waals surface area contributed by atoms with Gasteiger partial charge in [0.2, 0.25) is 0 Å². The average molecular weight is 160 g/mol. The molecule has 5 nitrogen and oxygen atoms in total. The van der Waals surface area contributed by atoms with Gasteiger partial charge < -0.3 is 19.7 Å². The first-order chi connectivity index (χ1) is 5.20. The largest absolute Gasteiger partial charge is 0.455 e. The lowest BCUT2D eigenvalue weighted by Crippen LogP contribution is -2.63. The van der Waals surface area contributed by atoms with Gasteiger partial charge in [-0.25, -0.2) is 4.79 Å². The van der Waals surface area contributed by atoms with E-state index in [2.05, 4.69) is 0 Å². The quantitative estimate of drug-likeness (QED) is 0.402. The second-order valence-electron chi connectivity index (χ2n) is 2.71. The Morgan fingerprint density at radius 3 is 2.55 bits per heavy atom. The van der Waals surface area contributed by atoms with Crippen molar-refractivity contribution in [3.63, 3.8) is 0 Å². The minimum absolute atomic E-state index is 0.175. The molecule has 4 atom stereocenters. The molecule has 3 heterocycles. The lowest BCUT2D eigenvalue weighted by atomic mass is 9.97. The SMILES string of the molecule is O=C1O[C@@H]2CO[C@H]1[C@@H](O)[C@@H]2O. The van der Waals surface area contributed by atoms with Crippen molar-refractivity contribution in [2.45, 2.75) is 24.4 Å². The predicted octanol–water partition coefficient (Wildman–Crippen LogP) is -1.97. The van der Waals surface area contributed by atoms with Gasteiger partial charge in [0, 0.05) is 0 Å². The van der Waals surface area contributed by atoms with Crippen LogP contribution in [-0.4, -0.2) is 47.2 Å². The van der Waals surface area contributed by atoms with Crippen LogP contribution in [0.25, 0.3) is 0 Å². The molecule has 0 radical (unpaired) electrons. The van der Waals surface area contributed by atoms with Crippen LogP contribution in [0.5, 0.6) is 0 Å². The fourth-order valence-corrected chi connectivity index (χ4v) is 1.32. The number of carbonyl (C=O) groups is 1. The summed E-state index contributed by atoms with van der Waals surface area (Å²) >= 11 is 0. The van der Waals surface area contributed by atoms with E-state index >= 15 is 0 Å². The lowest BCUT2D eigenvalue weighted by molar-refractivity contribution is -0.250. The first kappa shape index (κ1) is 7.02. The Labute approximate surface area is 62.5 Å². The molecule has 0 saturated carbocycles. The van der Waals surface area contributed by atoms with Crippen molar-refractivity contribution in [1.29, 1.82) is 0 Å². The molecular weight excluding hydrogens is 152 g/mol. The Bertz CT molecular complexity index is 189. The monoisotopic (exact) mass is 160 g/mol. The number of aliphatic hydroxyl groups is 2. The van der Waals surface area contributed by atoms with Crippen LogP contribution in [0.4, 0.5) is 0 Å². The standard InChI is InChI=1S/C6H8O5/c7-3-2-1-10-5(4(3)8)6(9)11-2/h2-5,7-8H,1H2/t2-,3-,4+,5+/m1/s1. The molecule has 3 aliphatic rings. The summed E-state index contributed by atoms with van der Waals surface area (Å²) in [6.45, 7) is 0.175. The van der Waals surface area contributed by atoms with Crippen LogP contribution in [0, 0.1) is 0 Å². The number of hydrogen-bond donors (Lipinski definition) is 2. The molecule has 0 aromatic heterocycles. The third kappa shape index (κ3) is 0.852. The summed E-state index contributed by atoms with van der Waals surface area (Å²) in [7, 11) is 0. The van der Waals surface area contributed by atoms with Crippen LogP contribution in [0.1, 0.15) is 0 Å². The molecule has 0 amide bonds. The van der Waals surface area contributed by atoms with Crippen LogP contribution >= 0.6 is 0 Å². The molecule has 0 aliphatic carbocycles. The molecule has 0 aromatic rings. The number of carbonyl (C=O) groups excluding carboxylic acids is 1. The number of fused-ring (bicyclic) bond motifs is 3. The molecule has 3 rings (SSSR count). The maximum Gasteiger partial charge on any atom is 0.338 e. The zero-order valence-electron chi connectivity index (χ0n) is 5.64. The van der Waals surface area contributed by atoms with Gasteiger partial charge in [0.1, 0.15) is 12.2 Å². The van der Waals surface area contributed by atoms with E-state index in [1.54, 1.807) is 0 Å². The van der Waals surface area contributed by atoms with Gasteiger partial charge in [-0.15, -0.1) is 0 Å². The Morgan fingerprint density at radius 2 is 2.09 bits per heavy atom. The van der Waals surface area contributed by atoms with E-state index in [0.29, 0.717) is 0 Å². The minimum Gasteiger partial charge on any atom is -0.455 e. The van der Waals surface area contributed by atoms with Gasteiger partial charge in [0.25, 0.3) is 0 Å². The lowest BCUT2D eigenvalue weighted by Gasteiger charge is -2.41. The summed E-state index contributed by atoms with van der Waals surface area (Å²) in [5, 5.41) is 18.3. The summed E-state index contributed by atoms with van der Waals surface area (Å²) in [4.78, 5) is 10.8. The van der Waals surface area contributed by atoms with E-state index < -0.39 is 30.4 Å². The Morgan fingerprint density at radius 1 is 1.36 bits per heavy atom. The van der Waals surface area contributed by atoms with Crippen LogP contribution in [0.2, 0.25) is 0 Å². The van der Waals surface area contributed by atoms with Gasteiger partial charge >= 0.3 is 5.97 Å². The summed E-state index contributed by atoms with van der Waals surface area (Å²) in [5.41, 5.74) is 0. The smallest absolute Gasteiger partial charge is 0.338 e. The second-order valence-corrected chi connectivity index (χ2v) is 2.71. The highest BCUT2D eigenvalue weighted by Gasteiger charge is 2.50. The first-order valence-electron chi connectivity index (χ1n) is 3.38. The summed E-state index contributed by atoms with van der Waals surface area (Å²) in [6, 6.07) is 0. The minimum atomic E-state index is -1.13. The number of rotatable bonds is 0. The highest BCUT2D eigenvalue weighted by molar-refractivity contribution is 5.77. The van der Waals surface area contributed by atoms with E-state index in [1.165, 1.54) is 0 Å². The van der Waals surface area contributed by atoms with E-state index in [9.17, 15) is 9.90 Å². The molecule has 0 aromatic carbocycles. The van der Waals surface area contributed by atoms with Crippen molar-refractivity contribution < 1.29 is 24.5 Å². The van der Waals surface area contributed by atoms with E-state index in [4.69, 9.17) is 14.6 Å². The van der Waals surface area contributed by atoms with Crippen LogP contribution in [-0.2, 0) is 14.3 Å².